The van der Waals surface area contributed by atoms with Gasteiger partial charge in [-0.05, 0) is 56.2 Å². The zero-order chi connectivity index (χ0) is 22.1. The Balaban J connectivity index is 1.99. The molecule has 0 spiro atoms. The molecule has 2 rings (SSSR count). The van der Waals surface area contributed by atoms with Crippen LogP contribution in [0, 0.1) is 0 Å². The molecule has 2 aromatic rings. The van der Waals surface area contributed by atoms with Crippen LogP contribution in [-0.2, 0) is 11.3 Å². The summed E-state index contributed by atoms with van der Waals surface area (Å²) in [5, 5.41) is 2.90. The number of hydrogen-bond acceptors (Lipinski definition) is 4. The number of benzene rings is 2. The summed E-state index contributed by atoms with van der Waals surface area (Å²) in [4.78, 5) is 12.5. The van der Waals surface area contributed by atoms with E-state index in [4.69, 9.17) is 9.47 Å². The van der Waals surface area contributed by atoms with E-state index in [1.807, 2.05) is 39.0 Å². The van der Waals surface area contributed by atoms with E-state index in [1.54, 1.807) is 24.3 Å². The third-order valence-electron chi connectivity index (χ3n) is 4.17. The van der Waals surface area contributed by atoms with Gasteiger partial charge in [0.05, 0.1) is 25.9 Å². The molecule has 164 valence electrons. The molecule has 0 saturated carbocycles. The van der Waals surface area contributed by atoms with E-state index in [0.29, 0.717) is 35.8 Å². The molecule has 5 nitrogen and oxygen atoms in total. The molecule has 0 aliphatic rings. The normalized spacial score (nSPS) is 12.3. The van der Waals surface area contributed by atoms with E-state index >= 15 is 0 Å². The van der Waals surface area contributed by atoms with Gasteiger partial charge in [0.15, 0.2) is 11.5 Å². The van der Waals surface area contributed by atoms with Crippen molar-refractivity contribution in [3.8, 4) is 11.5 Å². The molecule has 0 heterocycles. The Labute approximate surface area is 174 Å². The van der Waals surface area contributed by atoms with E-state index in [-0.39, 0.29) is 18.6 Å². The van der Waals surface area contributed by atoms with Crippen LogP contribution in [0.3, 0.4) is 0 Å². The smallest absolute Gasteiger partial charge is 0.411 e. The van der Waals surface area contributed by atoms with Crippen molar-refractivity contribution in [2.45, 2.75) is 39.6 Å². The number of carbonyl (C=O) groups is 1. The standard InChI is InChI=1S/C22H26F3NO4/c1-4-29-19-11-10-18(12-20(19)30-5-2)15(3)26-21(27)17-8-6-16(7-9-17)13-28-14-22(23,24)25/h6-12,15H,4-5,13-14H2,1-3H3,(H,26,27). The predicted molar refractivity (Wildman–Crippen MR) is 107 cm³/mol. The van der Waals surface area contributed by atoms with E-state index in [9.17, 15) is 18.0 Å². The number of rotatable bonds is 10. The highest BCUT2D eigenvalue weighted by molar-refractivity contribution is 5.94. The molecule has 1 amide bonds. The minimum atomic E-state index is -4.36. The molecule has 30 heavy (non-hydrogen) atoms. The molecule has 2 aromatic carbocycles. The van der Waals surface area contributed by atoms with Crippen LogP contribution >= 0.6 is 0 Å². The van der Waals surface area contributed by atoms with Gasteiger partial charge in [0.25, 0.3) is 5.91 Å². The van der Waals surface area contributed by atoms with Crippen molar-refractivity contribution in [3.63, 3.8) is 0 Å². The second-order valence-electron chi connectivity index (χ2n) is 6.57. The lowest BCUT2D eigenvalue weighted by atomic mass is 10.1. The summed E-state index contributed by atoms with van der Waals surface area (Å²) in [6.45, 7) is 5.14. The van der Waals surface area contributed by atoms with Crippen LogP contribution in [0.15, 0.2) is 42.5 Å². The minimum Gasteiger partial charge on any atom is -0.490 e. The van der Waals surface area contributed by atoms with Crippen molar-refractivity contribution in [3.05, 3.63) is 59.2 Å². The molecule has 1 unspecified atom stereocenters. The molecular formula is C22H26F3NO4. The fourth-order valence-corrected chi connectivity index (χ4v) is 2.74. The molecule has 0 aliphatic heterocycles. The number of hydrogen-bond donors (Lipinski definition) is 1. The van der Waals surface area contributed by atoms with Crippen molar-refractivity contribution in [2.75, 3.05) is 19.8 Å². The summed E-state index contributed by atoms with van der Waals surface area (Å²) in [5.41, 5.74) is 1.81. The van der Waals surface area contributed by atoms with Crippen molar-refractivity contribution in [1.29, 1.82) is 0 Å². The fraction of sp³-hybridized carbons (Fsp3) is 0.409. The lowest BCUT2D eigenvalue weighted by Gasteiger charge is -2.17. The number of carbonyl (C=O) groups excluding carboxylic acids is 1. The highest BCUT2D eigenvalue weighted by atomic mass is 19.4. The Hall–Kier alpha value is -2.74. The molecule has 1 atom stereocenters. The van der Waals surface area contributed by atoms with E-state index in [1.165, 1.54) is 0 Å². The molecule has 0 aliphatic carbocycles. The Morgan fingerprint density at radius 2 is 1.63 bits per heavy atom. The average Bonchev–Trinajstić information content (AvgIpc) is 2.69. The minimum absolute atomic E-state index is 0.176. The second-order valence-corrected chi connectivity index (χ2v) is 6.57. The molecule has 0 bridgehead atoms. The number of amides is 1. The third kappa shape index (κ3) is 7.26. The van der Waals surface area contributed by atoms with Crippen LogP contribution < -0.4 is 14.8 Å². The van der Waals surface area contributed by atoms with Gasteiger partial charge in [0.1, 0.15) is 6.61 Å². The number of halogens is 3. The van der Waals surface area contributed by atoms with Crippen LogP contribution in [0.4, 0.5) is 13.2 Å². The highest BCUT2D eigenvalue weighted by Crippen LogP contribution is 2.30. The Morgan fingerprint density at radius 1 is 1.00 bits per heavy atom. The van der Waals surface area contributed by atoms with Crippen LogP contribution in [0.2, 0.25) is 0 Å². The van der Waals surface area contributed by atoms with Crippen LogP contribution in [0.5, 0.6) is 11.5 Å². The van der Waals surface area contributed by atoms with E-state index < -0.39 is 12.8 Å². The number of nitrogens with one attached hydrogen (secondary N) is 1. The molecular weight excluding hydrogens is 399 g/mol. The lowest BCUT2D eigenvalue weighted by Crippen LogP contribution is -2.26. The summed E-state index contributed by atoms with van der Waals surface area (Å²) in [7, 11) is 0. The van der Waals surface area contributed by atoms with Crippen molar-refractivity contribution < 1.29 is 32.2 Å². The zero-order valence-electron chi connectivity index (χ0n) is 17.2. The van der Waals surface area contributed by atoms with Gasteiger partial charge in [0.2, 0.25) is 0 Å². The van der Waals surface area contributed by atoms with E-state index in [0.717, 1.165) is 5.56 Å². The van der Waals surface area contributed by atoms with E-state index in [2.05, 4.69) is 10.1 Å². The maximum Gasteiger partial charge on any atom is 0.411 e. The number of alkyl halides is 3. The quantitative estimate of drug-likeness (QED) is 0.579. The average molecular weight is 425 g/mol. The van der Waals surface area contributed by atoms with Gasteiger partial charge in [-0.1, -0.05) is 18.2 Å². The third-order valence-corrected chi connectivity index (χ3v) is 4.17. The Kier molecular flexibility index (Phi) is 8.53. The first-order chi connectivity index (χ1) is 14.2. The predicted octanol–water partition coefficient (Wildman–Crippen LogP) is 5.05. The number of ether oxygens (including phenoxy) is 3. The first kappa shape index (κ1) is 23.5. The molecule has 0 aromatic heterocycles. The van der Waals surface area contributed by atoms with Gasteiger partial charge in [0, 0.05) is 5.56 Å². The molecule has 0 saturated heterocycles. The van der Waals surface area contributed by atoms with Gasteiger partial charge in [-0.15, -0.1) is 0 Å². The SMILES string of the molecule is CCOc1ccc(C(C)NC(=O)c2ccc(COCC(F)(F)F)cc2)cc1OCC. The first-order valence-corrected chi connectivity index (χ1v) is 9.67. The van der Waals surface area contributed by atoms with Gasteiger partial charge in [-0.2, -0.15) is 13.2 Å². The van der Waals surface area contributed by atoms with Gasteiger partial charge >= 0.3 is 6.18 Å². The molecule has 1 N–H and O–H groups in total. The van der Waals surface area contributed by atoms with Crippen molar-refractivity contribution in [2.24, 2.45) is 0 Å². The highest BCUT2D eigenvalue weighted by Gasteiger charge is 2.27. The largest absolute Gasteiger partial charge is 0.490 e. The lowest BCUT2D eigenvalue weighted by molar-refractivity contribution is -0.176. The Bertz CT molecular complexity index is 822. The van der Waals surface area contributed by atoms with Gasteiger partial charge < -0.3 is 19.5 Å². The summed E-state index contributed by atoms with van der Waals surface area (Å²) in [6.07, 6.45) is -4.36. The summed E-state index contributed by atoms with van der Waals surface area (Å²) in [5.74, 6) is 0.961. The summed E-state index contributed by atoms with van der Waals surface area (Å²) < 4.78 is 52.2. The van der Waals surface area contributed by atoms with Gasteiger partial charge in [-0.25, -0.2) is 0 Å². The summed E-state index contributed by atoms with van der Waals surface area (Å²) >= 11 is 0. The van der Waals surface area contributed by atoms with Crippen molar-refractivity contribution >= 4 is 5.91 Å². The van der Waals surface area contributed by atoms with Crippen LogP contribution in [0.1, 0.15) is 48.3 Å². The van der Waals surface area contributed by atoms with Gasteiger partial charge in [-0.3, -0.25) is 4.79 Å². The molecule has 0 radical (unpaired) electrons. The zero-order valence-corrected chi connectivity index (χ0v) is 17.2. The maximum atomic E-state index is 12.5. The van der Waals surface area contributed by atoms with Crippen molar-refractivity contribution in [1.82, 2.24) is 5.32 Å². The summed E-state index contributed by atoms with van der Waals surface area (Å²) in [6, 6.07) is 11.5. The van der Waals surface area contributed by atoms with Crippen LogP contribution in [-0.4, -0.2) is 31.9 Å². The monoisotopic (exact) mass is 425 g/mol. The topological polar surface area (TPSA) is 56.8 Å². The molecule has 8 heteroatoms. The molecule has 0 fully saturated rings. The fourth-order valence-electron chi connectivity index (χ4n) is 2.74. The first-order valence-electron chi connectivity index (χ1n) is 9.67. The van der Waals surface area contributed by atoms with Crippen LogP contribution in [0.25, 0.3) is 0 Å². The Morgan fingerprint density at radius 3 is 2.23 bits per heavy atom. The second kappa shape index (κ2) is 10.9. The maximum absolute atomic E-state index is 12.5.